The van der Waals surface area contributed by atoms with E-state index in [1.165, 1.54) is 5.56 Å². The maximum absolute atomic E-state index is 5.97. The van der Waals surface area contributed by atoms with Crippen molar-refractivity contribution in [3.63, 3.8) is 0 Å². The Kier molecular flexibility index (Phi) is 2.72. The first-order valence-electron chi connectivity index (χ1n) is 4.59. The Morgan fingerprint density at radius 2 is 2.07 bits per heavy atom. The largest absolute Gasteiger partial charge is 0.126 e. The summed E-state index contributed by atoms with van der Waals surface area (Å²) in [6.45, 7) is 2.22. The van der Waals surface area contributed by atoms with Crippen LogP contribution in [0.3, 0.4) is 0 Å². The van der Waals surface area contributed by atoms with Crippen LogP contribution in [0.4, 0.5) is 0 Å². The van der Waals surface area contributed by atoms with Crippen LogP contribution in [0, 0.1) is 5.92 Å². The lowest BCUT2D eigenvalue weighted by Crippen LogP contribution is -2.04. The fraction of sp³-hybridized carbons (Fsp3) is 0.455. The van der Waals surface area contributed by atoms with Gasteiger partial charge >= 0.3 is 0 Å². The highest BCUT2D eigenvalue weighted by molar-refractivity contribution is 6.42. The van der Waals surface area contributed by atoms with Crippen molar-refractivity contribution < 1.29 is 0 Å². The van der Waals surface area contributed by atoms with Crippen LogP contribution in [0.1, 0.15) is 18.9 Å². The van der Waals surface area contributed by atoms with Gasteiger partial charge in [0.25, 0.3) is 0 Å². The van der Waals surface area contributed by atoms with E-state index in [0.717, 1.165) is 12.3 Å². The molecule has 0 amide bonds. The van der Waals surface area contributed by atoms with Crippen LogP contribution in [0.2, 0.25) is 10.0 Å². The SMILES string of the molecule is CC1(c2ccc(Cl)c(Cl)c2)CC1CCl. The van der Waals surface area contributed by atoms with Crippen molar-refractivity contribution in [2.45, 2.75) is 18.8 Å². The Balaban J connectivity index is 2.31. The maximum atomic E-state index is 5.97. The minimum Gasteiger partial charge on any atom is -0.126 e. The van der Waals surface area contributed by atoms with Gasteiger partial charge in [-0.1, -0.05) is 36.2 Å². The molecule has 0 nitrogen and oxygen atoms in total. The van der Waals surface area contributed by atoms with E-state index >= 15 is 0 Å². The van der Waals surface area contributed by atoms with Gasteiger partial charge in [0.1, 0.15) is 0 Å². The summed E-state index contributed by atoms with van der Waals surface area (Å²) in [5.41, 5.74) is 1.47. The molecule has 3 heteroatoms. The van der Waals surface area contributed by atoms with E-state index < -0.39 is 0 Å². The second kappa shape index (κ2) is 3.59. The van der Waals surface area contributed by atoms with E-state index in [1.807, 2.05) is 18.2 Å². The highest BCUT2D eigenvalue weighted by atomic mass is 35.5. The molecule has 2 atom stereocenters. The molecule has 0 aromatic heterocycles. The Bertz CT molecular complexity index is 362. The fourth-order valence-corrected chi connectivity index (χ4v) is 2.63. The zero-order chi connectivity index (χ0) is 10.3. The minimum atomic E-state index is 0.218. The number of hydrogen-bond donors (Lipinski definition) is 0. The topological polar surface area (TPSA) is 0 Å². The number of benzene rings is 1. The third-order valence-corrected chi connectivity index (χ3v) is 4.29. The van der Waals surface area contributed by atoms with Gasteiger partial charge in [-0.15, -0.1) is 11.6 Å². The van der Waals surface area contributed by atoms with E-state index in [9.17, 15) is 0 Å². The van der Waals surface area contributed by atoms with Gasteiger partial charge in [-0.2, -0.15) is 0 Å². The third-order valence-electron chi connectivity index (χ3n) is 3.18. The first-order chi connectivity index (χ1) is 6.58. The Labute approximate surface area is 99.2 Å². The number of halogens is 3. The van der Waals surface area contributed by atoms with Gasteiger partial charge in [-0.05, 0) is 35.4 Å². The van der Waals surface area contributed by atoms with E-state index in [-0.39, 0.29) is 5.41 Å². The molecular weight excluding hydrogens is 238 g/mol. The molecule has 0 N–H and O–H groups in total. The van der Waals surface area contributed by atoms with Crippen molar-refractivity contribution in [2.75, 3.05) is 5.88 Å². The van der Waals surface area contributed by atoms with Crippen LogP contribution < -0.4 is 0 Å². The molecular formula is C11H11Cl3. The lowest BCUT2D eigenvalue weighted by molar-refractivity contribution is 0.706. The molecule has 76 valence electrons. The summed E-state index contributed by atoms with van der Waals surface area (Å²) in [5, 5.41) is 1.24. The summed E-state index contributed by atoms with van der Waals surface area (Å²) in [4.78, 5) is 0. The summed E-state index contributed by atoms with van der Waals surface area (Å²) < 4.78 is 0. The van der Waals surface area contributed by atoms with Gasteiger partial charge in [0.2, 0.25) is 0 Å². The summed E-state index contributed by atoms with van der Waals surface area (Å²) in [5.74, 6) is 1.30. The van der Waals surface area contributed by atoms with Crippen LogP contribution in [-0.2, 0) is 5.41 Å². The average Bonchev–Trinajstić information content (AvgIpc) is 2.83. The molecule has 0 radical (unpaired) electrons. The molecule has 0 saturated heterocycles. The van der Waals surface area contributed by atoms with Gasteiger partial charge in [-0.3, -0.25) is 0 Å². The smallest absolute Gasteiger partial charge is 0.0595 e. The molecule has 1 aromatic rings. The summed E-state index contributed by atoms with van der Waals surface area (Å²) in [6, 6.07) is 5.85. The van der Waals surface area contributed by atoms with Crippen LogP contribution >= 0.6 is 34.8 Å². The van der Waals surface area contributed by atoms with Gasteiger partial charge in [0, 0.05) is 5.88 Å². The molecule has 0 spiro atoms. The Morgan fingerprint density at radius 3 is 2.57 bits per heavy atom. The van der Waals surface area contributed by atoms with E-state index in [2.05, 4.69) is 6.92 Å². The minimum absolute atomic E-state index is 0.218. The predicted molar refractivity (Wildman–Crippen MR) is 62.6 cm³/mol. The van der Waals surface area contributed by atoms with Crippen molar-refractivity contribution in [1.82, 2.24) is 0 Å². The molecule has 2 unspecified atom stereocenters. The highest BCUT2D eigenvalue weighted by Crippen LogP contribution is 2.54. The van der Waals surface area contributed by atoms with Gasteiger partial charge < -0.3 is 0 Å². The van der Waals surface area contributed by atoms with Crippen molar-refractivity contribution in [1.29, 1.82) is 0 Å². The van der Waals surface area contributed by atoms with E-state index in [4.69, 9.17) is 34.8 Å². The fourth-order valence-electron chi connectivity index (χ4n) is 1.88. The summed E-state index contributed by atoms with van der Waals surface area (Å²) in [6.07, 6.45) is 1.15. The lowest BCUT2D eigenvalue weighted by atomic mass is 9.96. The predicted octanol–water partition coefficient (Wildman–Crippen LogP) is 4.51. The standard InChI is InChI=1S/C11H11Cl3/c1-11(5-8(11)6-12)7-2-3-9(13)10(14)4-7/h2-4,8H,5-6H2,1H3. The van der Waals surface area contributed by atoms with Crippen LogP contribution in [-0.4, -0.2) is 5.88 Å². The molecule has 1 fully saturated rings. The van der Waals surface area contributed by atoms with Crippen LogP contribution in [0.25, 0.3) is 0 Å². The van der Waals surface area contributed by atoms with E-state index in [0.29, 0.717) is 16.0 Å². The average molecular weight is 250 g/mol. The summed E-state index contributed by atoms with van der Waals surface area (Å²) >= 11 is 17.7. The van der Waals surface area contributed by atoms with Gasteiger partial charge in [0.05, 0.1) is 10.0 Å². The highest BCUT2D eigenvalue weighted by Gasteiger charge is 2.50. The van der Waals surface area contributed by atoms with Crippen LogP contribution in [0.5, 0.6) is 0 Å². The monoisotopic (exact) mass is 248 g/mol. The van der Waals surface area contributed by atoms with Crippen LogP contribution in [0.15, 0.2) is 18.2 Å². The third kappa shape index (κ3) is 1.64. The van der Waals surface area contributed by atoms with Crippen molar-refractivity contribution in [2.24, 2.45) is 5.92 Å². The second-order valence-electron chi connectivity index (χ2n) is 4.10. The molecule has 14 heavy (non-hydrogen) atoms. The molecule has 0 heterocycles. The first kappa shape index (κ1) is 10.6. The van der Waals surface area contributed by atoms with Gasteiger partial charge in [0.15, 0.2) is 0 Å². The molecule has 1 aliphatic rings. The zero-order valence-electron chi connectivity index (χ0n) is 7.86. The van der Waals surface area contributed by atoms with Gasteiger partial charge in [-0.25, -0.2) is 0 Å². The number of hydrogen-bond acceptors (Lipinski definition) is 0. The molecule has 0 aliphatic heterocycles. The number of alkyl halides is 1. The van der Waals surface area contributed by atoms with Crippen molar-refractivity contribution in [3.05, 3.63) is 33.8 Å². The molecule has 0 bridgehead atoms. The Morgan fingerprint density at radius 1 is 1.36 bits per heavy atom. The lowest BCUT2D eigenvalue weighted by Gasteiger charge is -2.11. The van der Waals surface area contributed by atoms with E-state index in [1.54, 1.807) is 0 Å². The molecule has 1 aromatic carbocycles. The molecule has 1 saturated carbocycles. The molecule has 2 rings (SSSR count). The number of rotatable bonds is 2. The summed E-state index contributed by atoms with van der Waals surface area (Å²) in [7, 11) is 0. The Hall–Kier alpha value is 0.0900. The maximum Gasteiger partial charge on any atom is 0.0595 e. The first-order valence-corrected chi connectivity index (χ1v) is 5.88. The quantitative estimate of drug-likeness (QED) is 0.677. The normalized spacial score (nSPS) is 30.4. The van der Waals surface area contributed by atoms with Crippen molar-refractivity contribution >= 4 is 34.8 Å². The van der Waals surface area contributed by atoms with Crippen molar-refractivity contribution in [3.8, 4) is 0 Å². The second-order valence-corrected chi connectivity index (χ2v) is 5.22. The molecule has 1 aliphatic carbocycles. The zero-order valence-corrected chi connectivity index (χ0v) is 10.1.